The third kappa shape index (κ3) is 3.63. The van der Waals surface area contributed by atoms with Crippen LogP contribution in [0.4, 0.5) is 4.79 Å². The summed E-state index contributed by atoms with van der Waals surface area (Å²) in [7, 11) is 0. The molecule has 1 aromatic heterocycles. The van der Waals surface area contributed by atoms with Crippen molar-refractivity contribution in [3.8, 4) is 0 Å². The Bertz CT molecular complexity index is 747. The van der Waals surface area contributed by atoms with Crippen molar-refractivity contribution in [1.82, 2.24) is 19.8 Å². The number of aromatic nitrogens is 2. The second kappa shape index (κ2) is 7.04. The van der Waals surface area contributed by atoms with E-state index in [0.717, 1.165) is 62.4 Å². The number of benzene rings is 1. The highest BCUT2D eigenvalue weighted by Gasteiger charge is 2.34. The summed E-state index contributed by atoms with van der Waals surface area (Å²) in [5.74, 6) is 1.48. The van der Waals surface area contributed by atoms with E-state index in [4.69, 9.17) is 4.74 Å². The number of nitrogens with one attached hydrogen (secondary N) is 1. The lowest BCUT2D eigenvalue weighted by molar-refractivity contribution is 0.162. The fraction of sp³-hybridized carbons (Fsp3) is 0.579. The lowest BCUT2D eigenvalue weighted by atomic mass is 10.1. The highest BCUT2D eigenvalue weighted by atomic mass is 16.5. The molecule has 2 fully saturated rings. The summed E-state index contributed by atoms with van der Waals surface area (Å²) in [6, 6.07) is 8.62. The van der Waals surface area contributed by atoms with E-state index in [-0.39, 0.29) is 6.03 Å². The molecule has 134 valence electrons. The van der Waals surface area contributed by atoms with Crippen LogP contribution in [0.3, 0.4) is 0 Å². The highest BCUT2D eigenvalue weighted by molar-refractivity contribution is 5.76. The van der Waals surface area contributed by atoms with Crippen molar-refractivity contribution in [3.63, 3.8) is 0 Å². The molecule has 25 heavy (non-hydrogen) atoms. The SMILES string of the molecule is Cc1nc2ccccc2n1CCNC(=O)N(CC1CCOC1)C1CC1. The minimum atomic E-state index is 0.0662. The van der Waals surface area contributed by atoms with Crippen LogP contribution in [-0.2, 0) is 11.3 Å². The van der Waals surface area contributed by atoms with Gasteiger partial charge in [0.1, 0.15) is 5.82 Å². The van der Waals surface area contributed by atoms with Gasteiger partial charge in [-0.1, -0.05) is 12.1 Å². The monoisotopic (exact) mass is 342 g/mol. The number of carbonyl (C=O) groups is 1. The summed E-state index contributed by atoms with van der Waals surface area (Å²) in [5, 5.41) is 3.11. The number of nitrogens with zero attached hydrogens (tertiary/aromatic N) is 3. The Morgan fingerprint density at radius 3 is 2.96 bits per heavy atom. The summed E-state index contributed by atoms with van der Waals surface area (Å²) in [5.41, 5.74) is 2.13. The number of hydrogen-bond acceptors (Lipinski definition) is 3. The van der Waals surface area contributed by atoms with Gasteiger partial charge in [-0.05, 0) is 38.3 Å². The molecule has 2 aromatic rings. The van der Waals surface area contributed by atoms with E-state index in [2.05, 4.69) is 20.9 Å². The van der Waals surface area contributed by atoms with Crippen LogP contribution in [-0.4, -0.2) is 52.8 Å². The smallest absolute Gasteiger partial charge is 0.317 e. The Morgan fingerprint density at radius 2 is 2.20 bits per heavy atom. The number of para-hydroxylation sites is 2. The third-order valence-corrected chi connectivity index (χ3v) is 5.18. The summed E-state index contributed by atoms with van der Waals surface area (Å²) in [6.45, 7) is 5.81. The van der Waals surface area contributed by atoms with E-state index in [9.17, 15) is 4.79 Å². The van der Waals surface area contributed by atoms with Crippen LogP contribution in [0.5, 0.6) is 0 Å². The first-order valence-corrected chi connectivity index (χ1v) is 9.26. The fourth-order valence-corrected chi connectivity index (χ4v) is 3.64. The quantitative estimate of drug-likeness (QED) is 0.878. The van der Waals surface area contributed by atoms with Gasteiger partial charge < -0.3 is 19.5 Å². The van der Waals surface area contributed by atoms with E-state index in [1.54, 1.807) is 0 Å². The topological polar surface area (TPSA) is 59.4 Å². The molecule has 1 saturated heterocycles. The second-order valence-electron chi connectivity index (χ2n) is 7.14. The van der Waals surface area contributed by atoms with Crippen molar-refractivity contribution in [2.24, 2.45) is 5.92 Å². The Hall–Kier alpha value is -2.08. The van der Waals surface area contributed by atoms with Gasteiger partial charge in [-0.2, -0.15) is 0 Å². The maximum absolute atomic E-state index is 12.6. The van der Waals surface area contributed by atoms with Crippen molar-refractivity contribution in [2.45, 2.75) is 38.8 Å². The van der Waals surface area contributed by atoms with Gasteiger partial charge in [-0.25, -0.2) is 9.78 Å². The molecule has 2 amide bonds. The van der Waals surface area contributed by atoms with Crippen molar-refractivity contribution in [1.29, 1.82) is 0 Å². The summed E-state index contributed by atoms with van der Waals surface area (Å²) in [6.07, 6.45) is 3.33. The zero-order chi connectivity index (χ0) is 17.2. The molecule has 1 aliphatic heterocycles. The Labute approximate surface area is 148 Å². The number of ether oxygens (including phenoxy) is 1. The van der Waals surface area contributed by atoms with Crippen molar-refractivity contribution < 1.29 is 9.53 Å². The summed E-state index contributed by atoms with van der Waals surface area (Å²) < 4.78 is 7.62. The minimum Gasteiger partial charge on any atom is -0.381 e. The number of fused-ring (bicyclic) bond motifs is 1. The van der Waals surface area contributed by atoms with Crippen LogP contribution >= 0.6 is 0 Å². The zero-order valence-electron chi connectivity index (χ0n) is 14.8. The zero-order valence-corrected chi connectivity index (χ0v) is 14.8. The molecule has 1 N–H and O–H groups in total. The second-order valence-corrected chi connectivity index (χ2v) is 7.14. The molecule has 1 saturated carbocycles. The van der Waals surface area contributed by atoms with Gasteiger partial charge in [0.25, 0.3) is 0 Å². The van der Waals surface area contributed by atoms with E-state index in [0.29, 0.717) is 18.5 Å². The van der Waals surface area contributed by atoms with Crippen LogP contribution < -0.4 is 5.32 Å². The minimum absolute atomic E-state index is 0.0662. The molecule has 2 aliphatic rings. The Morgan fingerprint density at radius 1 is 1.36 bits per heavy atom. The molecule has 0 bridgehead atoms. The van der Waals surface area contributed by atoms with Crippen LogP contribution in [0, 0.1) is 12.8 Å². The molecule has 0 spiro atoms. The number of aryl methyl sites for hydroxylation is 1. The molecular formula is C19H26N4O2. The number of imidazole rings is 1. The Kier molecular flexibility index (Phi) is 4.61. The molecule has 1 unspecified atom stereocenters. The van der Waals surface area contributed by atoms with Crippen LogP contribution in [0.2, 0.25) is 0 Å². The highest BCUT2D eigenvalue weighted by Crippen LogP contribution is 2.29. The van der Waals surface area contributed by atoms with Gasteiger partial charge in [0.05, 0.1) is 17.6 Å². The number of amides is 2. The van der Waals surface area contributed by atoms with E-state index < -0.39 is 0 Å². The lowest BCUT2D eigenvalue weighted by Crippen LogP contribution is -2.44. The van der Waals surface area contributed by atoms with Crippen LogP contribution in [0.25, 0.3) is 11.0 Å². The molecule has 4 rings (SSSR count). The largest absolute Gasteiger partial charge is 0.381 e. The molecule has 6 heteroatoms. The number of urea groups is 1. The first kappa shape index (κ1) is 16.4. The van der Waals surface area contributed by atoms with E-state index in [1.807, 2.05) is 30.0 Å². The predicted molar refractivity (Wildman–Crippen MR) is 96.5 cm³/mol. The summed E-state index contributed by atoms with van der Waals surface area (Å²) >= 11 is 0. The average molecular weight is 342 g/mol. The molecule has 1 atom stereocenters. The van der Waals surface area contributed by atoms with Gasteiger partial charge in [-0.15, -0.1) is 0 Å². The average Bonchev–Trinajstić information content (AvgIpc) is 3.22. The first-order valence-electron chi connectivity index (χ1n) is 9.26. The molecular weight excluding hydrogens is 316 g/mol. The predicted octanol–water partition coefficient (Wildman–Crippen LogP) is 2.56. The lowest BCUT2D eigenvalue weighted by Gasteiger charge is -2.25. The fourth-order valence-electron chi connectivity index (χ4n) is 3.64. The van der Waals surface area contributed by atoms with Crippen LogP contribution in [0.1, 0.15) is 25.1 Å². The van der Waals surface area contributed by atoms with Crippen molar-refractivity contribution >= 4 is 17.1 Å². The van der Waals surface area contributed by atoms with Gasteiger partial charge >= 0.3 is 6.03 Å². The molecule has 2 heterocycles. The number of rotatable bonds is 6. The van der Waals surface area contributed by atoms with Gasteiger partial charge in [0.2, 0.25) is 0 Å². The van der Waals surface area contributed by atoms with E-state index in [1.165, 1.54) is 0 Å². The molecule has 1 aliphatic carbocycles. The standard InChI is InChI=1S/C19H26N4O2/c1-14-21-17-4-2-3-5-18(17)22(14)10-9-20-19(24)23(16-6-7-16)12-15-8-11-25-13-15/h2-5,15-16H,6-13H2,1H3,(H,20,24). The van der Waals surface area contributed by atoms with Gasteiger partial charge in [0.15, 0.2) is 0 Å². The van der Waals surface area contributed by atoms with Crippen LogP contribution in [0.15, 0.2) is 24.3 Å². The Balaban J connectivity index is 1.35. The number of hydrogen-bond donors (Lipinski definition) is 1. The maximum atomic E-state index is 12.6. The van der Waals surface area contributed by atoms with Crippen molar-refractivity contribution in [2.75, 3.05) is 26.3 Å². The normalized spacial score (nSPS) is 20.1. The first-order chi connectivity index (χ1) is 12.2. The third-order valence-electron chi connectivity index (χ3n) is 5.18. The number of carbonyl (C=O) groups excluding carboxylic acids is 1. The molecule has 6 nitrogen and oxygen atoms in total. The summed E-state index contributed by atoms with van der Waals surface area (Å²) in [4.78, 5) is 19.2. The molecule has 0 radical (unpaired) electrons. The maximum Gasteiger partial charge on any atom is 0.317 e. The van der Waals surface area contributed by atoms with Gasteiger partial charge in [-0.3, -0.25) is 0 Å². The van der Waals surface area contributed by atoms with Crippen molar-refractivity contribution in [3.05, 3.63) is 30.1 Å². The molecule has 1 aromatic carbocycles. The van der Waals surface area contributed by atoms with E-state index >= 15 is 0 Å². The van der Waals surface area contributed by atoms with Gasteiger partial charge in [0, 0.05) is 38.2 Å².